The normalized spacial score (nSPS) is 19.1. The molecule has 0 atom stereocenters. The summed E-state index contributed by atoms with van der Waals surface area (Å²) >= 11 is 0. The zero-order valence-corrected chi connectivity index (χ0v) is 20.5. The van der Waals surface area contributed by atoms with E-state index >= 15 is 0 Å². The van der Waals surface area contributed by atoms with Crippen molar-refractivity contribution in [1.82, 2.24) is 30.2 Å². The predicted molar refractivity (Wildman–Crippen MR) is 131 cm³/mol. The SMILES string of the molecule is CC(=O)C1CCC(CNC(=O)c2cc(C(=O)NCc3ccc4c(c3)CC(=O)CO4)nc3ncnn23)CC1. The Morgan fingerprint density at radius 3 is 2.68 bits per heavy atom. The molecule has 192 valence electrons. The van der Waals surface area contributed by atoms with Crippen molar-refractivity contribution >= 4 is 29.2 Å². The van der Waals surface area contributed by atoms with E-state index in [9.17, 15) is 19.2 Å². The largest absolute Gasteiger partial charge is 0.486 e. The Bertz CT molecular complexity index is 1380. The number of carbonyl (C=O) groups is 4. The van der Waals surface area contributed by atoms with E-state index in [-0.39, 0.29) is 53.7 Å². The van der Waals surface area contributed by atoms with Crippen LogP contribution in [-0.4, -0.2) is 56.1 Å². The van der Waals surface area contributed by atoms with E-state index in [1.807, 2.05) is 12.1 Å². The molecule has 2 N–H and O–H groups in total. The van der Waals surface area contributed by atoms with Crippen LogP contribution in [0, 0.1) is 11.8 Å². The number of nitrogens with one attached hydrogen (secondary N) is 2. The zero-order chi connectivity index (χ0) is 25.9. The quantitative estimate of drug-likeness (QED) is 0.494. The molecule has 2 aliphatic rings. The number of ketones is 2. The van der Waals surface area contributed by atoms with Gasteiger partial charge in [-0.3, -0.25) is 19.2 Å². The van der Waals surface area contributed by atoms with Gasteiger partial charge in [-0.1, -0.05) is 6.07 Å². The summed E-state index contributed by atoms with van der Waals surface area (Å²) in [7, 11) is 0. The standard InChI is InChI=1S/C26H28N6O5/c1-15(33)18-5-2-16(3-6-18)11-28-25(36)22-10-21(31-26-29-14-30-32(22)26)24(35)27-12-17-4-7-23-19(8-17)9-20(34)13-37-23/h4,7-8,10,14,16,18H,2-3,5-6,9,11-13H2,1H3,(H,27,35)(H,28,36). The lowest BCUT2D eigenvalue weighted by molar-refractivity contribution is -0.122. The third-order valence-corrected chi connectivity index (χ3v) is 7.04. The number of nitrogens with zero attached hydrogens (tertiary/aromatic N) is 4. The van der Waals surface area contributed by atoms with E-state index in [1.54, 1.807) is 13.0 Å². The van der Waals surface area contributed by atoms with Gasteiger partial charge in [0.25, 0.3) is 17.6 Å². The Morgan fingerprint density at radius 1 is 1.08 bits per heavy atom. The van der Waals surface area contributed by atoms with Crippen LogP contribution in [0.1, 0.15) is 64.7 Å². The number of amides is 2. The highest BCUT2D eigenvalue weighted by atomic mass is 16.5. The topological polar surface area (TPSA) is 145 Å². The van der Waals surface area contributed by atoms with Crippen LogP contribution in [0.25, 0.3) is 5.78 Å². The van der Waals surface area contributed by atoms with Gasteiger partial charge in [0.05, 0.1) is 0 Å². The van der Waals surface area contributed by atoms with E-state index in [0.717, 1.165) is 36.8 Å². The summed E-state index contributed by atoms with van der Waals surface area (Å²) < 4.78 is 6.72. The Balaban J connectivity index is 1.24. The van der Waals surface area contributed by atoms with Gasteiger partial charge in [0, 0.05) is 37.1 Å². The van der Waals surface area contributed by atoms with Crippen LogP contribution in [0.3, 0.4) is 0 Å². The van der Waals surface area contributed by atoms with Crippen molar-refractivity contribution in [2.45, 2.75) is 45.6 Å². The van der Waals surface area contributed by atoms with Crippen molar-refractivity contribution in [2.24, 2.45) is 11.8 Å². The Kier molecular flexibility index (Phi) is 6.93. The lowest BCUT2D eigenvalue weighted by atomic mass is 9.80. The number of carbonyl (C=O) groups excluding carboxylic acids is 4. The summed E-state index contributed by atoms with van der Waals surface area (Å²) in [6, 6.07) is 6.86. The maximum atomic E-state index is 13.0. The van der Waals surface area contributed by atoms with Gasteiger partial charge in [0.15, 0.2) is 5.78 Å². The van der Waals surface area contributed by atoms with Gasteiger partial charge in [0.2, 0.25) is 0 Å². The summed E-state index contributed by atoms with van der Waals surface area (Å²) in [5.74, 6) is 0.642. The number of ether oxygens (including phenoxy) is 1. The molecule has 0 radical (unpaired) electrons. The van der Waals surface area contributed by atoms with E-state index in [4.69, 9.17) is 4.74 Å². The Morgan fingerprint density at radius 2 is 1.89 bits per heavy atom. The van der Waals surface area contributed by atoms with Crippen molar-refractivity contribution in [2.75, 3.05) is 13.2 Å². The lowest BCUT2D eigenvalue weighted by Gasteiger charge is -2.27. The third-order valence-electron chi connectivity index (χ3n) is 7.04. The smallest absolute Gasteiger partial charge is 0.270 e. The fourth-order valence-electron chi connectivity index (χ4n) is 4.91. The molecular formula is C26H28N6O5. The highest BCUT2D eigenvalue weighted by Crippen LogP contribution is 2.29. The maximum Gasteiger partial charge on any atom is 0.270 e. The third kappa shape index (κ3) is 5.50. The second kappa shape index (κ2) is 10.5. The van der Waals surface area contributed by atoms with Crippen LogP contribution < -0.4 is 15.4 Å². The van der Waals surface area contributed by atoms with Crippen molar-refractivity contribution in [3.8, 4) is 5.75 Å². The van der Waals surface area contributed by atoms with Crippen LogP contribution in [0.4, 0.5) is 0 Å². The van der Waals surface area contributed by atoms with Gasteiger partial charge >= 0.3 is 0 Å². The molecule has 0 spiro atoms. The monoisotopic (exact) mass is 504 g/mol. The summed E-state index contributed by atoms with van der Waals surface area (Å²) in [4.78, 5) is 57.5. The zero-order valence-electron chi connectivity index (χ0n) is 20.5. The summed E-state index contributed by atoms with van der Waals surface area (Å²) in [5, 5.41) is 9.83. The van der Waals surface area contributed by atoms with E-state index in [0.29, 0.717) is 24.6 Å². The van der Waals surface area contributed by atoms with Crippen molar-refractivity contribution < 1.29 is 23.9 Å². The number of rotatable bonds is 7. The molecule has 2 aromatic heterocycles. The highest BCUT2D eigenvalue weighted by molar-refractivity contribution is 5.98. The molecule has 3 aromatic rings. The first kappa shape index (κ1) is 24.5. The van der Waals surface area contributed by atoms with Crippen molar-refractivity contribution in [3.63, 3.8) is 0 Å². The number of hydrogen-bond acceptors (Lipinski definition) is 8. The van der Waals surface area contributed by atoms with Crippen LogP contribution in [-0.2, 0) is 22.6 Å². The fraction of sp³-hybridized carbons (Fsp3) is 0.423. The van der Waals surface area contributed by atoms with E-state index < -0.39 is 5.91 Å². The van der Waals surface area contributed by atoms with Gasteiger partial charge in [-0.05, 0) is 56.2 Å². The van der Waals surface area contributed by atoms with E-state index in [1.165, 1.54) is 16.9 Å². The van der Waals surface area contributed by atoms with Gasteiger partial charge in [-0.15, -0.1) is 0 Å². The first-order chi connectivity index (χ1) is 17.9. The van der Waals surface area contributed by atoms with Crippen LogP contribution in [0.15, 0.2) is 30.6 Å². The molecule has 0 saturated heterocycles. The minimum absolute atomic E-state index is 0.00837. The minimum atomic E-state index is -0.466. The number of fused-ring (bicyclic) bond motifs is 2. The van der Waals surface area contributed by atoms with Gasteiger partial charge < -0.3 is 15.4 Å². The van der Waals surface area contributed by atoms with Crippen LogP contribution >= 0.6 is 0 Å². The number of aromatic nitrogens is 4. The fourth-order valence-corrected chi connectivity index (χ4v) is 4.91. The van der Waals surface area contributed by atoms with Crippen LogP contribution in [0.5, 0.6) is 5.75 Å². The van der Waals surface area contributed by atoms with Gasteiger partial charge in [-0.25, -0.2) is 4.98 Å². The number of Topliss-reactive ketones (excluding diaryl/α,β-unsaturated/α-hetero) is 2. The minimum Gasteiger partial charge on any atom is -0.486 e. The number of benzene rings is 1. The first-order valence-corrected chi connectivity index (χ1v) is 12.4. The van der Waals surface area contributed by atoms with Crippen LogP contribution in [0.2, 0.25) is 0 Å². The van der Waals surface area contributed by atoms with Gasteiger partial charge in [0.1, 0.15) is 35.9 Å². The Labute approximate surface area is 213 Å². The summed E-state index contributed by atoms with van der Waals surface area (Å²) in [5.41, 5.74) is 1.81. The van der Waals surface area contributed by atoms with Gasteiger partial charge in [-0.2, -0.15) is 14.6 Å². The lowest BCUT2D eigenvalue weighted by Crippen LogP contribution is -2.34. The first-order valence-electron chi connectivity index (χ1n) is 12.4. The summed E-state index contributed by atoms with van der Waals surface area (Å²) in [6.45, 7) is 2.41. The van der Waals surface area contributed by atoms with Crippen molar-refractivity contribution in [1.29, 1.82) is 0 Å². The second-order valence-electron chi connectivity index (χ2n) is 9.67. The molecule has 1 saturated carbocycles. The molecule has 1 aliphatic heterocycles. The molecule has 1 aliphatic carbocycles. The molecular weight excluding hydrogens is 476 g/mol. The molecule has 1 fully saturated rings. The second-order valence-corrected chi connectivity index (χ2v) is 9.67. The molecule has 0 unspecified atom stereocenters. The molecule has 37 heavy (non-hydrogen) atoms. The molecule has 0 bridgehead atoms. The average molecular weight is 505 g/mol. The molecule has 11 heteroatoms. The molecule has 3 heterocycles. The maximum absolute atomic E-state index is 13.0. The molecule has 11 nitrogen and oxygen atoms in total. The summed E-state index contributed by atoms with van der Waals surface area (Å²) in [6.07, 6.45) is 5.04. The molecule has 5 rings (SSSR count). The van der Waals surface area contributed by atoms with Crippen molar-refractivity contribution in [3.05, 3.63) is 53.1 Å². The number of hydrogen-bond donors (Lipinski definition) is 2. The molecule has 1 aromatic carbocycles. The Hall–Kier alpha value is -4.15. The predicted octanol–water partition coefficient (Wildman–Crippen LogP) is 1.68. The highest BCUT2D eigenvalue weighted by Gasteiger charge is 2.25. The van der Waals surface area contributed by atoms with E-state index in [2.05, 4.69) is 25.7 Å². The molecule has 2 amide bonds. The average Bonchev–Trinajstić information content (AvgIpc) is 3.38.